The molecule has 0 radical (unpaired) electrons. The Hall–Kier alpha value is -3.42. The number of ether oxygens (including phenoxy) is 2. The largest absolute Gasteiger partial charge is 0.494 e. The molecule has 31 heavy (non-hydrogen) atoms. The van der Waals surface area contributed by atoms with Gasteiger partial charge in [0.15, 0.2) is 11.6 Å². The van der Waals surface area contributed by atoms with E-state index in [-0.39, 0.29) is 23.4 Å². The van der Waals surface area contributed by atoms with Gasteiger partial charge in [0, 0.05) is 25.1 Å². The smallest absolute Gasteiger partial charge is 0.232 e. The van der Waals surface area contributed by atoms with Gasteiger partial charge in [0.1, 0.15) is 5.75 Å². The molecule has 1 aliphatic rings. The lowest BCUT2D eigenvalue weighted by Gasteiger charge is -2.16. The number of methoxy groups -OCH3 is 1. The predicted molar refractivity (Wildman–Crippen MR) is 111 cm³/mol. The first-order valence-corrected chi connectivity index (χ1v) is 10.2. The highest BCUT2D eigenvalue weighted by atomic mass is 19.1. The Bertz CT molecular complexity index is 1050. The molecule has 1 atom stereocenters. The number of aromatic nitrogens is 2. The van der Waals surface area contributed by atoms with Gasteiger partial charge in [-0.15, -0.1) is 0 Å². The van der Waals surface area contributed by atoms with Crippen LogP contribution in [0.25, 0.3) is 11.4 Å². The zero-order chi connectivity index (χ0) is 21.8. The van der Waals surface area contributed by atoms with Crippen molar-refractivity contribution in [3.05, 3.63) is 59.7 Å². The summed E-state index contributed by atoms with van der Waals surface area (Å²) >= 11 is 0. The molecule has 8 heteroatoms. The molecule has 0 aliphatic carbocycles. The molecule has 3 aromatic rings. The highest BCUT2D eigenvalue weighted by molar-refractivity contribution is 5.79. The van der Waals surface area contributed by atoms with Crippen LogP contribution in [0.2, 0.25) is 0 Å². The molecular weight excluding hydrogens is 401 g/mol. The van der Waals surface area contributed by atoms with Gasteiger partial charge in [-0.05, 0) is 42.3 Å². The van der Waals surface area contributed by atoms with E-state index in [1.807, 2.05) is 24.3 Å². The fourth-order valence-electron chi connectivity index (χ4n) is 3.55. The number of carbonyl (C=O) groups excluding carboxylic acids is 1. The second-order valence-electron chi connectivity index (χ2n) is 7.47. The van der Waals surface area contributed by atoms with Crippen LogP contribution >= 0.6 is 0 Å². The van der Waals surface area contributed by atoms with Gasteiger partial charge in [0.2, 0.25) is 17.6 Å². The van der Waals surface area contributed by atoms with Crippen molar-refractivity contribution in [2.24, 2.45) is 0 Å². The van der Waals surface area contributed by atoms with E-state index in [4.69, 9.17) is 14.0 Å². The third-order valence-electron chi connectivity index (χ3n) is 5.19. The number of likely N-dealkylation sites (tertiary alicyclic amines) is 1. The molecule has 4 rings (SSSR count). The van der Waals surface area contributed by atoms with E-state index in [9.17, 15) is 9.18 Å². The quantitative estimate of drug-likeness (QED) is 0.539. The standard InChI is InChI=1S/C23H24FN3O4/c1-3-10-30-18-7-4-15(5-8-18)13-27-14-17(12-21(27)28)23-25-22(26-31-23)16-6-9-20(29-2)19(24)11-16/h4-9,11,17H,3,10,12-14H2,1-2H3. The Morgan fingerprint density at radius 2 is 2.03 bits per heavy atom. The van der Waals surface area contributed by atoms with Crippen molar-refractivity contribution in [3.63, 3.8) is 0 Å². The molecule has 2 heterocycles. The lowest BCUT2D eigenvalue weighted by molar-refractivity contribution is -0.128. The van der Waals surface area contributed by atoms with Crippen LogP contribution in [0.15, 0.2) is 47.0 Å². The van der Waals surface area contributed by atoms with Crippen LogP contribution in [0.1, 0.15) is 37.1 Å². The average molecular weight is 425 g/mol. The van der Waals surface area contributed by atoms with Gasteiger partial charge in [-0.25, -0.2) is 4.39 Å². The van der Waals surface area contributed by atoms with Gasteiger partial charge < -0.3 is 18.9 Å². The van der Waals surface area contributed by atoms with Crippen LogP contribution in [0.4, 0.5) is 4.39 Å². The van der Waals surface area contributed by atoms with Crippen molar-refractivity contribution < 1.29 is 23.2 Å². The summed E-state index contributed by atoms with van der Waals surface area (Å²) in [7, 11) is 1.40. The monoisotopic (exact) mass is 425 g/mol. The van der Waals surface area contributed by atoms with Crippen molar-refractivity contribution >= 4 is 5.91 Å². The minimum absolute atomic E-state index is 0.0338. The first kappa shape index (κ1) is 20.8. The molecule has 1 saturated heterocycles. The number of carbonyl (C=O) groups is 1. The summed E-state index contributed by atoms with van der Waals surface area (Å²) in [6.45, 7) is 3.74. The summed E-state index contributed by atoms with van der Waals surface area (Å²) in [6, 6.07) is 12.2. The minimum Gasteiger partial charge on any atom is -0.494 e. The van der Waals surface area contributed by atoms with Crippen LogP contribution in [-0.2, 0) is 11.3 Å². The molecule has 0 spiro atoms. The van der Waals surface area contributed by atoms with E-state index < -0.39 is 5.82 Å². The Morgan fingerprint density at radius 1 is 1.23 bits per heavy atom. The van der Waals surface area contributed by atoms with E-state index in [0.717, 1.165) is 17.7 Å². The van der Waals surface area contributed by atoms with E-state index in [1.165, 1.54) is 19.2 Å². The first-order chi connectivity index (χ1) is 15.1. The predicted octanol–water partition coefficient (Wildman–Crippen LogP) is 4.19. The third kappa shape index (κ3) is 4.68. The fraction of sp³-hybridized carbons (Fsp3) is 0.348. The van der Waals surface area contributed by atoms with E-state index in [2.05, 4.69) is 17.1 Å². The number of halogens is 1. The molecule has 7 nitrogen and oxygen atoms in total. The molecule has 1 amide bonds. The van der Waals surface area contributed by atoms with Crippen LogP contribution in [0.3, 0.4) is 0 Å². The number of rotatable bonds is 8. The molecule has 1 fully saturated rings. The van der Waals surface area contributed by atoms with E-state index in [1.54, 1.807) is 11.0 Å². The van der Waals surface area contributed by atoms with Crippen molar-refractivity contribution in [1.29, 1.82) is 0 Å². The molecular formula is C23H24FN3O4. The van der Waals surface area contributed by atoms with Gasteiger partial charge in [0.05, 0.1) is 19.6 Å². The summed E-state index contributed by atoms with van der Waals surface area (Å²) < 4.78 is 29.9. The van der Waals surface area contributed by atoms with Crippen molar-refractivity contribution in [3.8, 4) is 22.9 Å². The fourth-order valence-corrected chi connectivity index (χ4v) is 3.55. The molecule has 0 bridgehead atoms. The summed E-state index contributed by atoms with van der Waals surface area (Å²) in [5, 5.41) is 3.96. The molecule has 1 aliphatic heterocycles. The number of nitrogens with zero attached hydrogens (tertiary/aromatic N) is 3. The highest BCUT2D eigenvalue weighted by Crippen LogP contribution is 2.30. The summed E-state index contributed by atoms with van der Waals surface area (Å²) in [5.74, 6) is 0.977. The molecule has 1 aromatic heterocycles. The zero-order valence-electron chi connectivity index (χ0n) is 17.5. The molecule has 2 aromatic carbocycles. The second-order valence-corrected chi connectivity index (χ2v) is 7.47. The maximum atomic E-state index is 14.0. The average Bonchev–Trinajstić information content (AvgIpc) is 3.40. The summed E-state index contributed by atoms with van der Waals surface area (Å²) in [6.07, 6.45) is 1.26. The summed E-state index contributed by atoms with van der Waals surface area (Å²) in [5.41, 5.74) is 1.51. The normalized spacial score (nSPS) is 16.0. The van der Waals surface area contributed by atoms with Gasteiger partial charge >= 0.3 is 0 Å². The lowest BCUT2D eigenvalue weighted by Crippen LogP contribution is -2.24. The number of benzene rings is 2. The van der Waals surface area contributed by atoms with Crippen LogP contribution < -0.4 is 9.47 Å². The van der Waals surface area contributed by atoms with Gasteiger partial charge in [-0.2, -0.15) is 4.98 Å². The maximum Gasteiger partial charge on any atom is 0.232 e. The lowest BCUT2D eigenvalue weighted by atomic mass is 10.1. The Morgan fingerprint density at radius 3 is 2.74 bits per heavy atom. The molecule has 162 valence electrons. The maximum absolute atomic E-state index is 14.0. The van der Waals surface area contributed by atoms with E-state index >= 15 is 0 Å². The van der Waals surface area contributed by atoms with Gasteiger partial charge in [0.25, 0.3) is 0 Å². The topological polar surface area (TPSA) is 77.7 Å². The SMILES string of the molecule is CCCOc1ccc(CN2CC(c3nc(-c4ccc(OC)c(F)c4)no3)CC2=O)cc1. The highest BCUT2D eigenvalue weighted by Gasteiger charge is 2.34. The van der Waals surface area contributed by atoms with Gasteiger partial charge in [-0.1, -0.05) is 24.2 Å². The van der Waals surface area contributed by atoms with Crippen LogP contribution in [0, 0.1) is 5.82 Å². The Balaban J connectivity index is 1.41. The molecule has 0 saturated carbocycles. The summed E-state index contributed by atoms with van der Waals surface area (Å²) in [4.78, 5) is 18.7. The Kier molecular flexibility index (Phi) is 6.16. The van der Waals surface area contributed by atoms with Crippen molar-refractivity contribution in [2.75, 3.05) is 20.3 Å². The van der Waals surface area contributed by atoms with Crippen molar-refractivity contribution in [2.45, 2.75) is 32.2 Å². The van der Waals surface area contributed by atoms with E-state index in [0.29, 0.717) is 37.6 Å². The second kappa shape index (κ2) is 9.16. The van der Waals surface area contributed by atoms with Gasteiger partial charge in [-0.3, -0.25) is 4.79 Å². The zero-order valence-corrected chi connectivity index (χ0v) is 17.5. The number of hydrogen-bond acceptors (Lipinski definition) is 6. The molecule has 0 N–H and O–H groups in total. The molecule has 1 unspecified atom stereocenters. The third-order valence-corrected chi connectivity index (χ3v) is 5.19. The Labute approximate surface area is 179 Å². The van der Waals surface area contributed by atoms with Crippen LogP contribution in [-0.4, -0.2) is 41.2 Å². The minimum atomic E-state index is -0.500. The number of amides is 1. The number of hydrogen-bond donors (Lipinski definition) is 0. The van der Waals surface area contributed by atoms with Crippen LogP contribution in [0.5, 0.6) is 11.5 Å². The van der Waals surface area contributed by atoms with Crippen molar-refractivity contribution in [1.82, 2.24) is 15.0 Å². The first-order valence-electron chi connectivity index (χ1n) is 10.2.